The first-order chi connectivity index (χ1) is 15.3. The molecule has 1 fully saturated rings. The van der Waals surface area contributed by atoms with E-state index in [0.29, 0.717) is 18.2 Å². The SMILES string of the molecule is CC(C)COc1ccc(C(C)NC(=O)N(Nc2ccc(F)cc2)C2CCN(C)CC2)cc1. The lowest BCUT2D eigenvalue weighted by atomic mass is 10.0. The van der Waals surface area contributed by atoms with Crippen molar-refractivity contribution in [1.82, 2.24) is 15.2 Å². The Balaban J connectivity index is 1.67. The fraction of sp³-hybridized carbons (Fsp3) is 0.480. The summed E-state index contributed by atoms with van der Waals surface area (Å²) in [5.74, 6) is 0.985. The molecule has 2 N–H and O–H groups in total. The molecular formula is C25H35FN4O2. The lowest BCUT2D eigenvalue weighted by Gasteiger charge is -2.38. The van der Waals surface area contributed by atoms with Gasteiger partial charge in [0.2, 0.25) is 0 Å². The van der Waals surface area contributed by atoms with Crippen LogP contribution in [0.2, 0.25) is 0 Å². The average molecular weight is 443 g/mol. The zero-order valence-electron chi connectivity index (χ0n) is 19.5. The molecule has 32 heavy (non-hydrogen) atoms. The number of hydrogen-bond acceptors (Lipinski definition) is 4. The number of hydrazine groups is 1. The highest BCUT2D eigenvalue weighted by molar-refractivity contribution is 5.76. The molecule has 1 unspecified atom stereocenters. The number of piperidine rings is 1. The van der Waals surface area contributed by atoms with Crippen LogP contribution in [-0.2, 0) is 0 Å². The highest BCUT2D eigenvalue weighted by Gasteiger charge is 2.28. The van der Waals surface area contributed by atoms with E-state index in [9.17, 15) is 9.18 Å². The number of hydrogen-bond donors (Lipinski definition) is 2. The molecule has 1 aliphatic heterocycles. The van der Waals surface area contributed by atoms with E-state index in [1.165, 1.54) is 12.1 Å². The van der Waals surface area contributed by atoms with Crippen molar-refractivity contribution in [2.45, 2.75) is 45.7 Å². The number of nitrogens with one attached hydrogen (secondary N) is 2. The maximum atomic E-state index is 13.3. The zero-order chi connectivity index (χ0) is 23.1. The van der Waals surface area contributed by atoms with Gasteiger partial charge >= 0.3 is 6.03 Å². The van der Waals surface area contributed by atoms with Crippen LogP contribution in [0.4, 0.5) is 14.9 Å². The minimum Gasteiger partial charge on any atom is -0.493 e. The van der Waals surface area contributed by atoms with Crippen LogP contribution >= 0.6 is 0 Å². The predicted molar refractivity (Wildman–Crippen MR) is 126 cm³/mol. The van der Waals surface area contributed by atoms with Crippen LogP contribution in [0.1, 0.15) is 45.2 Å². The third-order valence-electron chi connectivity index (χ3n) is 5.67. The van der Waals surface area contributed by atoms with Gasteiger partial charge in [0, 0.05) is 0 Å². The minimum absolute atomic E-state index is 0.0512. The van der Waals surface area contributed by atoms with Crippen LogP contribution in [0, 0.1) is 11.7 Å². The van der Waals surface area contributed by atoms with Gasteiger partial charge in [0.1, 0.15) is 11.6 Å². The van der Waals surface area contributed by atoms with E-state index in [-0.39, 0.29) is 23.9 Å². The van der Waals surface area contributed by atoms with E-state index < -0.39 is 0 Å². The highest BCUT2D eigenvalue weighted by Crippen LogP contribution is 2.21. The van der Waals surface area contributed by atoms with Crippen molar-refractivity contribution in [2.24, 2.45) is 5.92 Å². The van der Waals surface area contributed by atoms with Crippen LogP contribution in [0.5, 0.6) is 5.75 Å². The minimum atomic E-state index is -0.305. The number of amides is 2. The number of benzene rings is 2. The van der Waals surface area contributed by atoms with Gasteiger partial charge in [0.15, 0.2) is 0 Å². The second-order valence-electron chi connectivity index (χ2n) is 8.97. The predicted octanol–water partition coefficient (Wildman–Crippen LogP) is 5.05. The second kappa shape index (κ2) is 11.2. The fourth-order valence-corrected chi connectivity index (χ4v) is 3.68. The van der Waals surface area contributed by atoms with Crippen molar-refractivity contribution in [3.05, 3.63) is 59.9 Å². The molecular weight excluding hydrogens is 407 g/mol. The summed E-state index contributed by atoms with van der Waals surface area (Å²) in [6, 6.07) is 13.6. The maximum absolute atomic E-state index is 13.3. The molecule has 2 aromatic carbocycles. The zero-order valence-corrected chi connectivity index (χ0v) is 19.5. The maximum Gasteiger partial charge on any atom is 0.336 e. The molecule has 2 amide bonds. The first-order valence-electron chi connectivity index (χ1n) is 11.3. The summed E-state index contributed by atoms with van der Waals surface area (Å²) in [5.41, 5.74) is 4.88. The molecule has 0 bridgehead atoms. The summed E-state index contributed by atoms with van der Waals surface area (Å²) in [6.45, 7) is 8.71. The summed E-state index contributed by atoms with van der Waals surface area (Å²) >= 11 is 0. The van der Waals surface area contributed by atoms with Crippen LogP contribution in [0.3, 0.4) is 0 Å². The number of urea groups is 1. The summed E-state index contributed by atoms with van der Waals surface area (Å²) in [5, 5.41) is 4.77. The Hall–Kier alpha value is -2.80. The van der Waals surface area contributed by atoms with Gasteiger partial charge in [-0.1, -0.05) is 26.0 Å². The molecule has 174 valence electrons. The Labute approximate surface area is 190 Å². The number of rotatable bonds is 8. The van der Waals surface area contributed by atoms with Gasteiger partial charge in [-0.2, -0.15) is 0 Å². The number of carbonyl (C=O) groups excluding carboxylic acids is 1. The Morgan fingerprint density at radius 1 is 1.09 bits per heavy atom. The molecule has 0 aromatic heterocycles. The first kappa shape index (κ1) is 23.9. The number of anilines is 1. The van der Waals surface area contributed by atoms with Crippen molar-refractivity contribution in [1.29, 1.82) is 0 Å². The number of ether oxygens (including phenoxy) is 1. The quantitative estimate of drug-likeness (QED) is 0.562. The molecule has 3 rings (SSSR count). The third-order valence-corrected chi connectivity index (χ3v) is 5.67. The third kappa shape index (κ3) is 6.85. The molecule has 0 aliphatic carbocycles. The molecule has 7 heteroatoms. The average Bonchev–Trinajstić information content (AvgIpc) is 2.78. The van der Waals surface area contributed by atoms with E-state index in [4.69, 9.17) is 4.74 Å². The topological polar surface area (TPSA) is 56.8 Å². The van der Waals surface area contributed by atoms with Crippen molar-refractivity contribution in [3.63, 3.8) is 0 Å². The Kier molecular flexibility index (Phi) is 8.33. The molecule has 1 heterocycles. The smallest absolute Gasteiger partial charge is 0.336 e. The van der Waals surface area contributed by atoms with Gasteiger partial charge in [0.05, 0.1) is 24.4 Å². The van der Waals surface area contributed by atoms with Crippen molar-refractivity contribution < 1.29 is 13.9 Å². The van der Waals surface area contributed by atoms with Gasteiger partial charge in [-0.3, -0.25) is 5.43 Å². The molecule has 1 saturated heterocycles. The lowest BCUT2D eigenvalue weighted by molar-refractivity contribution is 0.145. The van der Waals surface area contributed by atoms with Gasteiger partial charge in [-0.05, 0) is 87.8 Å². The largest absolute Gasteiger partial charge is 0.493 e. The molecule has 0 spiro atoms. The summed E-state index contributed by atoms with van der Waals surface area (Å²) in [7, 11) is 2.09. The van der Waals surface area contributed by atoms with Gasteiger partial charge in [-0.25, -0.2) is 14.2 Å². The van der Waals surface area contributed by atoms with Crippen molar-refractivity contribution in [3.8, 4) is 5.75 Å². The molecule has 1 aliphatic rings. The van der Waals surface area contributed by atoms with Crippen molar-refractivity contribution >= 4 is 11.7 Å². The van der Waals surface area contributed by atoms with Crippen LogP contribution in [0.15, 0.2) is 48.5 Å². The first-order valence-corrected chi connectivity index (χ1v) is 11.3. The molecule has 1 atom stereocenters. The number of carbonyl (C=O) groups is 1. The normalized spacial score (nSPS) is 15.9. The van der Waals surface area contributed by atoms with Crippen molar-refractivity contribution in [2.75, 3.05) is 32.2 Å². The summed E-state index contributed by atoms with van der Waals surface area (Å²) in [6.07, 6.45) is 1.74. The standard InChI is InChI=1S/C25H35FN4O2/c1-18(2)17-32-24-11-5-20(6-12-24)19(3)27-25(31)30(23-13-15-29(4)16-14-23)28-22-9-7-21(26)8-10-22/h5-12,18-19,23,28H,13-17H2,1-4H3,(H,27,31). The summed E-state index contributed by atoms with van der Waals surface area (Å²) in [4.78, 5) is 15.5. The second-order valence-corrected chi connectivity index (χ2v) is 8.97. The van der Waals surface area contributed by atoms with E-state index in [0.717, 1.165) is 37.2 Å². The monoisotopic (exact) mass is 442 g/mol. The fourth-order valence-electron chi connectivity index (χ4n) is 3.68. The highest BCUT2D eigenvalue weighted by atomic mass is 19.1. The molecule has 6 nitrogen and oxygen atoms in total. The Morgan fingerprint density at radius 3 is 2.31 bits per heavy atom. The summed E-state index contributed by atoms with van der Waals surface area (Å²) < 4.78 is 19.1. The van der Waals surface area contributed by atoms with Gasteiger partial charge in [-0.15, -0.1) is 0 Å². The van der Waals surface area contributed by atoms with E-state index >= 15 is 0 Å². The van der Waals surface area contributed by atoms with Gasteiger partial charge < -0.3 is 15.0 Å². The van der Waals surface area contributed by atoms with Crippen LogP contribution < -0.4 is 15.5 Å². The van der Waals surface area contributed by atoms with E-state index in [1.807, 2.05) is 31.2 Å². The Bertz CT molecular complexity index is 849. The van der Waals surface area contributed by atoms with E-state index in [1.54, 1.807) is 17.1 Å². The molecule has 0 radical (unpaired) electrons. The Morgan fingerprint density at radius 2 is 1.72 bits per heavy atom. The van der Waals surface area contributed by atoms with E-state index in [2.05, 4.69) is 36.5 Å². The number of likely N-dealkylation sites (tertiary alicyclic amines) is 1. The lowest BCUT2D eigenvalue weighted by Crippen LogP contribution is -2.53. The van der Waals surface area contributed by atoms with Gasteiger partial charge in [0.25, 0.3) is 0 Å². The number of halogens is 1. The number of nitrogens with zero attached hydrogens (tertiary/aromatic N) is 2. The molecule has 0 saturated carbocycles. The molecule has 2 aromatic rings. The van der Waals surface area contributed by atoms with Crippen LogP contribution in [0.25, 0.3) is 0 Å². The van der Waals surface area contributed by atoms with Crippen LogP contribution in [-0.4, -0.2) is 48.7 Å².